The summed E-state index contributed by atoms with van der Waals surface area (Å²) in [6, 6.07) is -0.259. The van der Waals surface area contributed by atoms with Crippen LogP contribution >= 0.6 is 0 Å². The van der Waals surface area contributed by atoms with Crippen LogP contribution in [0.1, 0.15) is 13.3 Å². The van der Waals surface area contributed by atoms with Crippen LogP contribution < -0.4 is 5.73 Å². The van der Waals surface area contributed by atoms with Gasteiger partial charge >= 0.3 is 0 Å². The van der Waals surface area contributed by atoms with E-state index in [1.807, 2.05) is 0 Å². The second-order valence-electron chi connectivity index (χ2n) is 2.88. The normalized spacial score (nSPS) is 31.0. The van der Waals surface area contributed by atoms with E-state index < -0.39 is 6.10 Å². The van der Waals surface area contributed by atoms with Crippen LogP contribution in [-0.4, -0.2) is 41.1 Å². The van der Waals surface area contributed by atoms with Crippen LogP contribution in [0.3, 0.4) is 0 Å². The number of β-amino-alcohol motifs (C(OH)–C–C–N with tert-alkyl or cyclic N) is 1. The van der Waals surface area contributed by atoms with Gasteiger partial charge in [-0.3, -0.25) is 4.79 Å². The van der Waals surface area contributed by atoms with Crippen LogP contribution in [0.15, 0.2) is 0 Å². The summed E-state index contributed by atoms with van der Waals surface area (Å²) in [6.45, 7) is 2.69. The van der Waals surface area contributed by atoms with Crippen LogP contribution in [0, 0.1) is 0 Å². The number of amides is 1. The second kappa shape index (κ2) is 3.19. The van der Waals surface area contributed by atoms with Crippen molar-refractivity contribution in [3.63, 3.8) is 0 Å². The minimum Gasteiger partial charge on any atom is -0.390 e. The summed E-state index contributed by atoms with van der Waals surface area (Å²) in [5, 5.41) is 9.19. The number of carbonyl (C=O) groups is 1. The molecule has 4 heteroatoms. The Morgan fingerprint density at radius 3 is 2.73 bits per heavy atom. The third-order valence-corrected chi connectivity index (χ3v) is 1.99. The van der Waals surface area contributed by atoms with Gasteiger partial charge in [0.25, 0.3) is 0 Å². The Morgan fingerprint density at radius 1 is 1.73 bits per heavy atom. The molecule has 2 unspecified atom stereocenters. The summed E-state index contributed by atoms with van der Waals surface area (Å²) in [5.41, 5.74) is 5.52. The van der Waals surface area contributed by atoms with E-state index in [1.165, 1.54) is 0 Å². The summed E-state index contributed by atoms with van der Waals surface area (Å²) in [4.78, 5) is 12.7. The van der Waals surface area contributed by atoms with Gasteiger partial charge in [0.15, 0.2) is 0 Å². The quantitative estimate of drug-likeness (QED) is 0.510. The van der Waals surface area contributed by atoms with Gasteiger partial charge in [-0.1, -0.05) is 6.92 Å². The monoisotopic (exact) mass is 158 g/mol. The molecule has 0 aromatic heterocycles. The average molecular weight is 158 g/mol. The Bertz CT molecular complexity index is 151. The van der Waals surface area contributed by atoms with E-state index in [9.17, 15) is 9.90 Å². The minimum absolute atomic E-state index is 0.0667. The topological polar surface area (TPSA) is 66.6 Å². The predicted octanol–water partition coefficient (Wildman–Crippen LogP) is -1.07. The molecule has 2 atom stereocenters. The lowest BCUT2D eigenvalue weighted by atomic mass is 10.2. The molecule has 1 heterocycles. The SMILES string of the molecule is CCC(=O)N1CC(N)C(O)C1. The van der Waals surface area contributed by atoms with Gasteiger partial charge in [0.1, 0.15) is 0 Å². The molecule has 0 saturated carbocycles. The fourth-order valence-electron chi connectivity index (χ4n) is 1.24. The molecule has 1 amide bonds. The Kier molecular flexibility index (Phi) is 2.46. The van der Waals surface area contributed by atoms with Crippen molar-refractivity contribution in [2.75, 3.05) is 13.1 Å². The van der Waals surface area contributed by atoms with Crippen molar-refractivity contribution < 1.29 is 9.90 Å². The van der Waals surface area contributed by atoms with Crippen molar-refractivity contribution in [2.45, 2.75) is 25.5 Å². The molecular weight excluding hydrogens is 144 g/mol. The van der Waals surface area contributed by atoms with Crippen molar-refractivity contribution >= 4 is 5.91 Å². The van der Waals surface area contributed by atoms with Gasteiger partial charge in [0.05, 0.1) is 6.10 Å². The summed E-state index contributed by atoms with van der Waals surface area (Å²) in [5.74, 6) is 0.0667. The van der Waals surface area contributed by atoms with Crippen LogP contribution in [0.2, 0.25) is 0 Å². The maximum Gasteiger partial charge on any atom is 0.222 e. The fraction of sp³-hybridized carbons (Fsp3) is 0.857. The Balaban J connectivity index is 2.46. The first-order valence-corrected chi connectivity index (χ1v) is 3.86. The molecule has 0 bridgehead atoms. The van der Waals surface area contributed by atoms with Crippen molar-refractivity contribution in [3.8, 4) is 0 Å². The van der Waals surface area contributed by atoms with Gasteiger partial charge in [-0.05, 0) is 0 Å². The number of rotatable bonds is 1. The highest BCUT2D eigenvalue weighted by Crippen LogP contribution is 2.08. The van der Waals surface area contributed by atoms with Gasteiger partial charge in [-0.25, -0.2) is 0 Å². The summed E-state index contributed by atoms with van der Waals surface area (Å²) in [7, 11) is 0. The lowest BCUT2D eigenvalue weighted by Crippen LogP contribution is -2.33. The molecule has 0 aromatic carbocycles. The molecule has 4 nitrogen and oxygen atoms in total. The fourth-order valence-corrected chi connectivity index (χ4v) is 1.24. The molecule has 1 aliphatic rings. The van der Waals surface area contributed by atoms with E-state index in [1.54, 1.807) is 11.8 Å². The van der Waals surface area contributed by atoms with Gasteiger partial charge in [-0.2, -0.15) is 0 Å². The smallest absolute Gasteiger partial charge is 0.222 e. The highest BCUT2D eigenvalue weighted by atomic mass is 16.3. The van der Waals surface area contributed by atoms with Gasteiger partial charge in [0, 0.05) is 25.6 Å². The van der Waals surface area contributed by atoms with Crippen LogP contribution in [0.25, 0.3) is 0 Å². The Hall–Kier alpha value is -0.610. The minimum atomic E-state index is -0.537. The summed E-state index contributed by atoms with van der Waals surface area (Å²) < 4.78 is 0. The van der Waals surface area contributed by atoms with Gasteiger partial charge < -0.3 is 15.7 Å². The molecule has 11 heavy (non-hydrogen) atoms. The average Bonchev–Trinajstić information content (AvgIpc) is 2.31. The molecule has 1 saturated heterocycles. The molecule has 3 N–H and O–H groups in total. The number of aliphatic hydroxyl groups is 1. The number of hydrogen-bond acceptors (Lipinski definition) is 3. The predicted molar refractivity (Wildman–Crippen MR) is 40.9 cm³/mol. The van der Waals surface area contributed by atoms with Crippen LogP contribution in [-0.2, 0) is 4.79 Å². The van der Waals surface area contributed by atoms with Crippen LogP contribution in [0.4, 0.5) is 0 Å². The van der Waals surface area contributed by atoms with E-state index in [0.29, 0.717) is 19.5 Å². The van der Waals surface area contributed by atoms with E-state index in [2.05, 4.69) is 0 Å². The third-order valence-electron chi connectivity index (χ3n) is 1.99. The van der Waals surface area contributed by atoms with E-state index in [0.717, 1.165) is 0 Å². The number of likely N-dealkylation sites (tertiary alicyclic amines) is 1. The molecule has 1 aliphatic heterocycles. The van der Waals surface area contributed by atoms with E-state index >= 15 is 0 Å². The lowest BCUT2D eigenvalue weighted by Gasteiger charge is -2.13. The lowest BCUT2D eigenvalue weighted by molar-refractivity contribution is -0.130. The maximum absolute atomic E-state index is 11.1. The third kappa shape index (κ3) is 1.70. The highest BCUT2D eigenvalue weighted by molar-refractivity contribution is 5.76. The Labute approximate surface area is 66.0 Å². The van der Waals surface area contributed by atoms with Gasteiger partial charge in [-0.15, -0.1) is 0 Å². The van der Waals surface area contributed by atoms with Crippen LogP contribution in [0.5, 0.6) is 0 Å². The van der Waals surface area contributed by atoms with Crippen molar-refractivity contribution in [2.24, 2.45) is 5.73 Å². The second-order valence-corrected chi connectivity index (χ2v) is 2.88. The number of aliphatic hydroxyl groups excluding tert-OH is 1. The zero-order chi connectivity index (χ0) is 8.43. The molecular formula is C7H14N2O2. The largest absolute Gasteiger partial charge is 0.390 e. The first-order chi connectivity index (χ1) is 5.15. The van der Waals surface area contributed by atoms with Crippen molar-refractivity contribution in [3.05, 3.63) is 0 Å². The van der Waals surface area contributed by atoms with Gasteiger partial charge in [0.2, 0.25) is 5.91 Å². The molecule has 0 spiro atoms. The van der Waals surface area contributed by atoms with Crippen molar-refractivity contribution in [1.29, 1.82) is 0 Å². The first kappa shape index (κ1) is 8.49. The molecule has 1 fully saturated rings. The standard InChI is InChI=1S/C7H14N2O2/c1-2-7(11)9-3-5(8)6(10)4-9/h5-6,10H,2-4,8H2,1H3. The number of nitrogens with zero attached hydrogens (tertiary/aromatic N) is 1. The number of carbonyl (C=O) groups excluding carboxylic acids is 1. The molecule has 0 aromatic rings. The number of hydrogen-bond donors (Lipinski definition) is 2. The first-order valence-electron chi connectivity index (χ1n) is 3.86. The maximum atomic E-state index is 11.1. The van der Waals surface area contributed by atoms with Crippen molar-refractivity contribution in [1.82, 2.24) is 4.90 Å². The summed E-state index contributed by atoms with van der Waals surface area (Å²) in [6.07, 6.45) is -0.0510. The molecule has 0 radical (unpaired) electrons. The van der Waals surface area contributed by atoms with E-state index in [4.69, 9.17) is 5.73 Å². The zero-order valence-electron chi connectivity index (χ0n) is 6.66. The Morgan fingerprint density at radius 2 is 2.36 bits per heavy atom. The number of nitrogens with two attached hydrogens (primary N) is 1. The zero-order valence-corrected chi connectivity index (χ0v) is 6.66. The molecule has 0 aliphatic carbocycles. The summed E-state index contributed by atoms with van der Waals surface area (Å²) >= 11 is 0. The molecule has 64 valence electrons. The van der Waals surface area contributed by atoms with E-state index in [-0.39, 0.29) is 11.9 Å². The molecule has 1 rings (SSSR count). The highest BCUT2D eigenvalue weighted by Gasteiger charge is 2.30.